The molecule has 6 nitrogen and oxygen atoms in total. The normalized spacial score (nSPS) is 17.0. The van der Waals surface area contributed by atoms with Crippen LogP contribution in [0.3, 0.4) is 0 Å². The summed E-state index contributed by atoms with van der Waals surface area (Å²) in [5.74, 6) is 1.38. The molecule has 0 saturated heterocycles. The highest BCUT2D eigenvalue weighted by atomic mass is 16.7. The van der Waals surface area contributed by atoms with E-state index in [0.717, 1.165) is 33.7 Å². The van der Waals surface area contributed by atoms with E-state index in [9.17, 15) is 4.79 Å². The zero-order chi connectivity index (χ0) is 21.4. The fourth-order valence-electron chi connectivity index (χ4n) is 4.05. The molecule has 1 amide bonds. The monoisotopic (exact) mass is 413 g/mol. The number of amides is 1. The van der Waals surface area contributed by atoms with Gasteiger partial charge in [0.2, 0.25) is 12.7 Å². The first-order valence-corrected chi connectivity index (χ1v) is 10.3. The molecule has 2 heterocycles. The van der Waals surface area contributed by atoms with Crippen molar-refractivity contribution < 1.29 is 14.3 Å². The van der Waals surface area contributed by atoms with Gasteiger partial charge in [0.1, 0.15) is 0 Å². The fourth-order valence-corrected chi connectivity index (χ4v) is 4.05. The minimum atomic E-state index is -0.110. The SMILES string of the molecule is CC1Cc2cc3c(cc2C(c2ccc(N)cc2)=NN1C(=O)Cc1ccccc1)OCO3. The number of benzene rings is 3. The number of nitrogens with two attached hydrogens (primary N) is 1. The highest BCUT2D eigenvalue weighted by Crippen LogP contribution is 2.37. The first-order valence-electron chi connectivity index (χ1n) is 10.3. The molecule has 3 aromatic rings. The lowest BCUT2D eigenvalue weighted by atomic mass is 9.94. The topological polar surface area (TPSA) is 77.2 Å². The number of nitrogen functional groups attached to an aromatic ring is 1. The zero-order valence-corrected chi connectivity index (χ0v) is 17.2. The summed E-state index contributed by atoms with van der Waals surface area (Å²) in [4.78, 5) is 13.3. The van der Waals surface area contributed by atoms with Crippen LogP contribution in [0.5, 0.6) is 11.5 Å². The number of carbonyl (C=O) groups is 1. The molecular weight excluding hydrogens is 390 g/mol. The standard InChI is InChI=1S/C25H23N3O3/c1-16-11-19-13-22-23(31-15-30-22)14-21(19)25(18-7-9-20(26)10-8-18)27-28(16)24(29)12-17-5-3-2-4-6-17/h2-10,13-14,16H,11-12,15,26H2,1H3. The molecule has 6 heteroatoms. The number of hydrazone groups is 1. The van der Waals surface area contributed by atoms with Crippen LogP contribution in [0.1, 0.15) is 29.2 Å². The number of nitrogens with zero attached hydrogens (tertiary/aromatic N) is 2. The van der Waals surface area contributed by atoms with Crippen molar-refractivity contribution in [3.05, 3.63) is 89.0 Å². The van der Waals surface area contributed by atoms with E-state index in [1.807, 2.05) is 73.7 Å². The van der Waals surface area contributed by atoms with Gasteiger partial charge in [-0.2, -0.15) is 5.10 Å². The van der Waals surface area contributed by atoms with Crippen molar-refractivity contribution in [1.29, 1.82) is 0 Å². The first kappa shape index (κ1) is 19.2. The molecule has 0 aromatic heterocycles. The molecule has 0 aliphatic carbocycles. The van der Waals surface area contributed by atoms with Crippen molar-refractivity contribution >= 4 is 17.3 Å². The van der Waals surface area contributed by atoms with E-state index in [4.69, 9.17) is 20.3 Å². The lowest BCUT2D eigenvalue weighted by Crippen LogP contribution is -2.36. The van der Waals surface area contributed by atoms with Gasteiger partial charge in [0.05, 0.1) is 18.2 Å². The minimum Gasteiger partial charge on any atom is -0.454 e. The van der Waals surface area contributed by atoms with Crippen molar-refractivity contribution in [2.24, 2.45) is 5.10 Å². The lowest BCUT2D eigenvalue weighted by molar-refractivity contribution is -0.132. The molecule has 3 aromatic carbocycles. The van der Waals surface area contributed by atoms with Crippen LogP contribution in [0.25, 0.3) is 0 Å². The second-order valence-corrected chi connectivity index (χ2v) is 7.89. The molecule has 31 heavy (non-hydrogen) atoms. The number of rotatable bonds is 3. The Balaban J connectivity index is 1.60. The van der Waals surface area contributed by atoms with Crippen molar-refractivity contribution in [3.8, 4) is 11.5 Å². The van der Waals surface area contributed by atoms with Gasteiger partial charge in [0.25, 0.3) is 0 Å². The molecule has 0 radical (unpaired) electrons. The quantitative estimate of drug-likeness (QED) is 0.663. The van der Waals surface area contributed by atoms with Crippen LogP contribution in [0, 0.1) is 0 Å². The second kappa shape index (κ2) is 7.80. The van der Waals surface area contributed by atoms with Gasteiger partial charge in [-0.3, -0.25) is 4.79 Å². The third kappa shape index (κ3) is 3.72. The van der Waals surface area contributed by atoms with Gasteiger partial charge >= 0.3 is 0 Å². The molecule has 0 bridgehead atoms. The van der Waals surface area contributed by atoms with E-state index in [-0.39, 0.29) is 18.7 Å². The van der Waals surface area contributed by atoms with Gasteiger partial charge in [-0.25, -0.2) is 5.01 Å². The Bertz CT molecular complexity index is 1160. The van der Waals surface area contributed by atoms with Gasteiger partial charge in [0, 0.05) is 16.8 Å². The number of carbonyl (C=O) groups excluding carboxylic acids is 1. The van der Waals surface area contributed by atoms with Crippen molar-refractivity contribution in [2.75, 3.05) is 12.5 Å². The summed E-state index contributed by atoms with van der Waals surface area (Å²) in [6.07, 6.45) is 0.956. The smallest absolute Gasteiger partial charge is 0.247 e. The molecule has 0 fully saturated rings. The van der Waals surface area contributed by atoms with Gasteiger partial charge in [-0.1, -0.05) is 42.5 Å². The number of ether oxygens (including phenoxy) is 2. The van der Waals surface area contributed by atoms with E-state index >= 15 is 0 Å². The van der Waals surface area contributed by atoms with E-state index in [2.05, 4.69) is 0 Å². The van der Waals surface area contributed by atoms with Crippen LogP contribution in [0.4, 0.5) is 5.69 Å². The number of hydrogen-bond acceptors (Lipinski definition) is 5. The van der Waals surface area contributed by atoms with Crippen LogP contribution >= 0.6 is 0 Å². The third-order valence-electron chi connectivity index (χ3n) is 5.63. The van der Waals surface area contributed by atoms with Crippen LogP contribution in [-0.4, -0.2) is 29.5 Å². The largest absolute Gasteiger partial charge is 0.454 e. The van der Waals surface area contributed by atoms with E-state index < -0.39 is 0 Å². The summed E-state index contributed by atoms with van der Waals surface area (Å²) < 4.78 is 11.2. The van der Waals surface area contributed by atoms with Gasteiger partial charge in [-0.15, -0.1) is 0 Å². The first-order chi connectivity index (χ1) is 15.1. The molecule has 5 rings (SSSR count). The average Bonchev–Trinajstić information content (AvgIpc) is 3.17. The Morgan fingerprint density at radius 3 is 2.52 bits per heavy atom. The van der Waals surface area contributed by atoms with Crippen LogP contribution in [0.2, 0.25) is 0 Å². The lowest BCUT2D eigenvalue weighted by Gasteiger charge is -2.23. The summed E-state index contributed by atoms with van der Waals surface area (Å²) >= 11 is 0. The molecule has 2 aliphatic heterocycles. The maximum atomic E-state index is 13.3. The Kier molecular flexibility index (Phi) is 4.82. The molecule has 156 valence electrons. The Hall–Kier alpha value is -3.80. The molecule has 0 saturated carbocycles. The number of anilines is 1. The van der Waals surface area contributed by atoms with Gasteiger partial charge < -0.3 is 15.2 Å². The Morgan fingerprint density at radius 2 is 1.77 bits per heavy atom. The highest BCUT2D eigenvalue weighted by Gasteiger charge is 2.29. The average molecular weight is 413 g/mol. The summed E-state index contributed by atoms with van der Waals surface area (Å²) in [6, 6.07) is 21.1. The number of hydrogen-bond donors (Lipinski definition) is 1. The van der Waals surface area contributed by atoms with E-state index in [1.165, 1.54) is 0 Å². The van der Waals surface area contributed by atoms with E-state index in [1.54, 1.807) is 5.01 Å². The van der Waals surface area contributed by atoms with Crippen LogP contribution in [-0.2, 0) is 17.6 Å². The second-order valence-electron chi connectivity index (χ2n) is 7.89. The third-order valence-corrected chi connectivity index (χ3v) is 5.63. The van der Waals surface area contributed by atoms with Gasteiger partial charge in [0.15, 0.2) is 11.5 Å². The summed E-state index contributed by atoms with van der Waals surface area (Å²) in [5.41, 5.74) is 11.2. The maximum absolute atomic E-state index is 13.3. The molecular formula is C25H23N3O3. The molecule has 1 atom stereocenters. The Labute approximate surface area is 180 Å². The van der Waals surface area contributed by atoms with E-state index in [0.29, 0.717) is 24.3 Å². The highest BCUT2D eigenvalue weighted by molar-refractivity contribution is 6.14. The Morgan fingerprint density at radius 1 is 1.06 bits per heavy atom. The van der Waals surface area contributed by atoms with Crippen molar-refractivity contribution in [2.45, 2.75) is 25.8 Å². The maximum Gasteiger partial charge on any atom is 0.247 e. The summed E-state index contributed by atoms with van der Waals surface area (Å²) in [5, 5.41) is 6.50. The zero-order valence-electron chi connectivity index (χ0n) is 17.2. The summed E-state index contributed by atoms with van der Waals surface area (Å²) in [6.45, 7) is 2.23. The predicted octanol–water partition coefficient (Wildman–Crippen LogP) is 3.77. The fraction of sp³-hybridized carbons (Fsp3) is 0.200. The predicted molar refractivity (Wildman–Crippen MR) is 119 cm³/mol. The number of fused-ring (bicyclic) bond motifs is 2. The molecule has 2 N–H and O–H groups in total. The molecule has 2 aliphatic rings. The van der Waals surface area contributed by atoms with Crippen LogP contribution < -0.4 is 15.2 Å². The van der Waals surface area contributed by atoms with Gasteiger partial charge in [-0.05, 0) is 48.7 Å². The van der Waals surface area contributed by atoms with Crippen molar-refractivity contribution in [3.63, 3.8) is 0 Å². The van der Waals surface area contributed by atoms with Crippen molar-refractivity contribution in [1.82, 2.24) is 5.01 Å². The molecule has 1 unspecified atom stereocenters. The molecule has 0 spiro atoms. The minimum absolute atomic E-state index is 0.0421. The summed E-state index contributed by atoms with van der Waals surface area (Å²) in [7, 11) is 0. The van der Waals surface area contributed by atoms with Crippen LogP contribution in [0.15, 0.2) is 71.8 Å².